The number of thiophene rings is 1. The summed E-state index contributed by atoms with van der Waals surface area (Å²) in [6, 6.07) is 3.71. The van der Waals surface area contributed by atoms with E-state index in [9.17, 15) is 4.79 Å². The Bertz CT molecular complexity index is 752. The lowest BCUT2D eigenvalue weighted by molar-refractivity contribution is 0.0957. The van der Waals surface area contributed by atoms with Crippen LogP contribution in [0.2, 0.25) is 0 Å². The van der Waals surface area contributed by atoms with Crippen LogP contribution in [0.1, 0.15) is 46.7 Å². The first-order chi connectivity index (χ1) is 13.5. The normalized spacial score (nSPS) is 12.2. The van der Waals surface area contributed by atoms with E-state index in [1.54, 1.807) is 18.4 Å². The zero-order valence-corrected chi connectivity index (χ0v) is 21.3. The Balaban J connectivity index is 0.00000420. The number of nitrogens with zero attached hydrogens (tertiary/aromatic N) is 3. The van der Waals surface area contributed by atoms with Crippen molar-refractivity contribution in [1.29, 1.82) is 0 Å². The number of guanidine groups is 1. The van der Waals surface area contributed by atoms with Crippen LogP contribution in [-0.4, -0.2) is 55.5 Å². The Kier molecular flexibility index (Phi) is 12.4. The van der Waals surface area contributed by atoms with Crippen molar-refractivity contribution in [3.8, 4) is 0 Å². The maximum atomic E-state index is 11.9. The molecule has 2 rings (SSSR count). The van der Waals surface area contributed by atoms with Crippen molar-refractivity contribution in [2.24, 2.45) is 4.99 Å². The average Bonchev–Trinajstić information content (AvgIpc) is 3.38. The molecule has 10 heteroatoms. The number of halogens is 1. The lowest BCUT2D eigenvalue weighted by Gasteiger charge is -2.21. The molecule has 0 aromatic carbocycles. The topological polar surface area (TPSA) is 78.9 Å². The summed E-state index contributed by atoms with van der Waals surface area (Å²) in [5.74, 6) is 0.814. The Hall–Kier alpha value is -1.24. The third kappa shape index (κ3) is 8.57. The number of hydrogen-bond donors (Lipinski definition) is 2. The minimum absolute atomic E-state index is 0. The molecule has 0 bridgehead atoms. The van der Waals surface area contributed by atoms with Gasteiger partial charge in [-0.1, -0.05) is 6.07 Å². The van der Waals surface area contributed by atoms with Crippen LogP contribution in [0, 0.1) is 0 Å². The van der Waals surface area contributed by atoms with Crippen LogP contribution in [0.25, 0.3) is 0 Å². The molecule has 0 fully saturated rings. The highest BCUT2D eigenvalue weighted by Gasteiger charge is 2.12. The number of ether oxygens (including phenoxy) is 1. The van der Waals surface area contributed by atoms with Crippen molar-refractivity contribution < 1.29 is 9.53 Å². The van der Waals surface area contributed by atoms with Gasteiger partial charge in [-0.2, -0.15) is 0 Å². The predicted octanol–water partition coefficient (Wildman–Crippen LogP) is 3.75. The molecule has 0 spiro atoms. The number of thiazole rings is 1. The van der Waals surface area contributed by atoms with Gasteiger partial charge >= 0.3 is 0 Å². The van der Waals surface area contributed by atoms with Crippen molar-refractivity contribution in [3.05, 3.63) is 38.5 Å². The van der Waals surface area contributed by atoms with E-state index in [1.165, 1.54) is 11.3 Å². The fourth-order valence-electron chi connectivity index (χ4n) is 2.43. The molecule has 0 saturated heterocycles. The SMILES string of the molecule is CCNC(=NCCCNC(=O)c1cccs1)N(C)Cc1csc(C(C)OC)n1.I. The van der Waals surface area contributed by atoms with E-state index in [4.69, 9.17) is 4.74 Å². The summed E-state index contributed by atoms with van der Waals surface area (Å²) in [5.41, 5.74) is 1.00. The number of methoxy groups -OCH3 is 1. The number of carbonyl (C=O) groups is 1. The number of aliphatic imine (C=N–C) groups is 1. The number of nitrogens with one attached hydrogen (secondary N) is 2. The lowest BCUT2D eigenvalue weighted by atomic mass is 10.4. The highest BCUT2D eigenvalue weighted by atomic mass is 127. The maximum Gasteiger partial charge on any atom is 0.261 e. The van der Waals surface area contributed by atoms with E-state index in [0.717, 1.165) is 34.5 Å². The van der Waals surface area contributed by atoms with Crippen LogP contribution in [-0.2, 0) is 11.3 Å². The largest absolute Gasteiger partial charge is 0.375 e. The van der Waals surface area contributed by atoms with Crippen LogP contribution in [0.4, 0.5) is 0 Å². The summed E-state index contributed by atoms with van der Waals surface area (Å²) in [6.45, 7) is 6.75. The summed E-state index contributed by atoms with van der Waals surface area (Å²) in [4.78, 5) is 24.0. The van der Waals surface area contributed by atoms with Crippen LogP contribution in [0.15, 0.2) is 27.9 Å². The molecule has 29 heavy (non-hydrogen) atoms. The molecule has 2 aromatic rings. The number of rotatable bonds is 10. The second kappa shape index (κ2) is 13.9. The highest BCUT2D eigenvalue weighted by Crippen LogP contribution is 2.20. The fraction of sp³-hybridized carbons (Fsp3) is 0.526. The molecule has 2 heterocycles. The summed E-state index contributed by atoms with van der Waals surface area (Å²) < 4.78 is 5.33. The van der Waals surface area contributed by atoms with Crippen molar-refractivity contribution >= 4 is 58.5 Å². The third-order valence-electron chi connectivity index (χ3n) is 3.99. The van der Waals surface area contributed by atoms with Gasteiger partial charge in [0.15, 0.2) is 5.96 Å². The van der Waals surface area contributed by atoms with Crippen LogP contribution >= 0.6 is 46.7 Å². The molecule has 2 N–H and O–H groups in total. The molecular formula is C19H30IN5O2S2. The molecule has 0 radical (unpaired) electrons. The van der Waals surface area contributed by atoms with Crippen molar-refractivity contribution in [3.63, 3.8) is 0 Å². The molecular weight excluding hydrogens is 521 g/mol. The van der Waals surface area contributed by atoms with E-state index < -0.39 is 0 Å². The van der Waals surface area contributed by atoms with Crippen molar-refractivity contribution in [2.75, 3.05) is 33.8 Å². The molecule has 1 atom stereocenters. The minimum atomic E-state index is -0.0207. The van der Waals surface area contributed by atoms with Gasteiger partial charge in [-0.25, -0.2) is 4.98 Å². The van der Waals surface area contributed by atoms with Gasteiger partial charge in [0, 0.05) is 39.2 Å². The number of amides is 1. The molecule has 0 aliphatic heterocycles. The lowest BCUT2D eigenvalue weighted by Crippen LogP contribution is -2.38. The maximum absolute atomic E-state index is 11.9. The van der Waals surface area contributed by atoms with Crippen LogP contribution in [0.5, 0.6) is 0 Å². The van der Waals surface area contributed by atoms with Crippen molar-refractivity contribution in [2.45, 2.75) is 32.9 Å². The minimum Gasteiger partial charge on any atom is -0.375 e. The summed E-state index contributed by atoms with van der Waals surface area (Å²) in [7, 11) is 3.69. The zero-order valence-electron chi connectivity index (χ0n) is 17.3. The Labute approximate surface area is 198 Å². The van der Waals surface area contributed by atoms with E-state index >= 15 is 0 Å². The molecule has 7 nitrogen and oxygen atoms in total. The standard InChI is InChI=1S/C19H29N5O2S2.HI/c1-5-20-19(22-10-7-9-21-17(25)16-8-6-11-27-16)24(3)12-15-13-28-18(23-15)14(2)26-4;/h6,8,11,13-14H,5,7,9-10,12H2,1-4H3,(H,20,22)(H,21,25);1H. The molecule has 0 saturated carbocycles. The predicted molar refractivity (Wildman–Crippen MR) is 132 cm³/mol. The molecule has 1 amide bonds. The number of aromatic nitrogens is 1. The van der Waals surface area contributed by atoms with Crippen LogP contribution < -0.4 is 10.6 Å². The van der Waals surface area contributed by atoms with E-state index in [-0.39, 0.29) is 36.0 Å². The number of carbonyl (C=O) groups excluding carboxylic acids is 1. The quantitative estimate of drug-likeness (QED) is 0.204. The monoisotopic (exact) mass is 551 g/mol. The van der Waals surface area contributed by atoms with Gasteiger partial charge in [0.1, 0.15) is 11.1 Å². The first-order valence-electron chi connectivity index (χ1n) is 9.33. The Morgan fingerprint density at radius 2 is 2.17 bits per heavy atom. The van der Waals surface area contributed by atoms with E-state index in [0.29, 0.717) is 19.6 Å². The fourth-order valence-corrected chi connectivity index (χ4v) is 3.91. The average molecular weight is 552 g/mol. The molecule has 0 aliphatic carbocycles. The zero-order chi connectivity index (χ0) is 20.4. The second-order valence-corrected chi connectivity index (χ2v) is 8.07. The summed E-state index contributed by atoms with van der Waals surface area (Å²) in [5, 5.41) is 11.2. The molecule has 2 aromatic heterocycles. The van der Waals surface area contributed by atoms with Gasteiger partial charge < -0.3 is 20.3 Å². The summed E-state index contributed by atoms with van der Waals surface area (Å²) >= 11 is 3.06. The van der Waals surface area contributed by atoms with Gasteiger partial charge in [0.2, 0.25) is 0 Å². The Morgan fingerprint density at radius 3 is 2.83 bits per heavy atom. The first-order valence-corrected chi connectivity index (χ1v) is 11.1. The third-order valence-corrected chi connectivity index (χ3v) is 5.92. The van der Waals surface area contributed by atoms with Gasteiger partial charge in [0.25, 0.3) is 5.91 Å². The van der Waals surface area contributed by atoms with Gasteiger partial charge in [-0.3, -0.25) is 9.79 Å². The smallest absolute Gasteiger partial charge is 0.261 e. The van der Waals surface area contributed by atoms with Crippen LogP contribution in [0.3, 0.4) is 0 Å². The van der Waals surface area contributed by atoms with Crippen molar-refractivity contribution in [1.82, 2.24) is 20.5 Å². The molecule has 1 unspecified atom stereocenters. The molecule has 162 valence electrons. The van der Waals surface area contributed by atoms with Gasteiger partial charge in [-0.15, -0.1) is 46.7 Å². The second-order valence-electron chi connectivity index (χ2n) is 6.23. The van der Waals surface area contributed by atoms with Gasteiger partial charge in [0.05, 0.1) is 17.1 Å². The van der Waals surface area contributed by atoms with E-state index in [1.807, 2.05) is 38.4 Å². The Morgan fingerprint density at radius 1 is 1.38 bits per heavy atom. The molecule has 0 aliphatic rings. The highest BCUT2D eigenvalue weighted by molar-refractivity contribution is 14.0. The van der Waals surface area contributed by atoms with E-state index in [2.05, 4.69) is 30.9 Å². The first kappa shape index (κ1) is 25.8. The summed E-state index contributed by atoms with van der Waals surface area (Å²) in [6.07, 6.45) is 0.793. The van der Waals surface area contributed by atoms with Gasteiger partial charge in [-0.05, 0) is 31.7 Å². The number of hydrogen-bond acceptors (Lipinski definition) is 6.